The van der Waals surface area contributed by atoms with Crippen LogP contribution in [0.25, 0.3) is 0 Å². The number of hydrogen-bond acceptors (Lipinski definition) is 5. The Morgan fingerprint density at radius 2 is 2.13 bits per heavy atom. The van der Waals surface area contributed by atoms with E-state index in [4.69, 9.17) is 5.73 Å². The van der Waals surface area contributed by atoms with Gasteiger partial charge in [0.05, 0.1) is 11.3 Å². The van der Waals surface area contributed by atoms with Crippen LogP contribution in [0.1, 0.15) is 37.0 Å². The molecule has 0 saturated heterocycles. The number of hydrogen-bond donors (Lipinski definition) is 2. The van der Waals surface area contributed by atoms with Crippen molar-refractivity contribution in [3.05, 3.63) is 33.5 Å². The maximum atomic E-state index is 12.5. The molecule has 0 atom stereocenters. The van der Waals surface area contributed by atoms with Crippen LogP contribution in [0.3, 0.4) is 0 Å². The number of nitrogens with one attached hydrogen (secondary N) is 1. The van der Waals surface area contributed by atoms with Crippen LogP contribution >= 0.6 is 11.3 Å². The SMILES string of the molecule is Cc1cc(C(=O)Nc2sc3c(c2C(N)=O)CCN(C)C3)n(C)n1. The minimum absolute atomic E-state index is 0.289. The fourth-order valence-corrected chi connectivity index (χ4v) is 4.20. The Labute approximate surface area is 138 Å². The zero-order valence-corrected chi connectivity index (χ0v) is 14.2. The monoisotopic (exact) mass is 333 g/mol. The van der Waals surface area contributed by atoms with Gasteiger partial charge in [-0.2, -0.15) is 5.10 Å². The molecule has 2 aromatic heterocycles. The molecule has 122 valence electrons. The van der Waals surface area contributed by atoms with Gasteiger partial charge in [-0.25, -0.2) is 0 Å². The van der Waals surface area contributed by atoms with Gasteiger partial charge >= 0.3 is 0 Å². The predicted octanol–water partition coefficient (Wildman–Crippen LogP) is 1.13. The lowest BCUT2D eigenvalue weighted by Crippen LogP contribution is -2.27. The van der Waals surface area contributed by atoms with Crippen LogP contribution in [0, 0.1) is 6.92 Å². The Kier molecular flexibility index (Phi) is 3.95. The highest BCUT2D eigenvalue weighted by molar-refractivity contribution is 7.17. The lowest BCUT2D eigenvalue weighted by molar-refractivity contribution is 0.1000. The van der Waals surface area contributed by atoms with E-state index in [0.29, 0.717) is 16.3 Å². The molecule has 0 radical (unpaired) electrons. The summed E-state index contributed by atoms with van der Waals surface area (Å²) in [5.41, 5.74) is 8.18. The molecule has 8 heteroatoms. The van der Waals surface area contributed by atoms with Crippen molar-refractivity contribution in [2.45, 2.75) is 19.9 Å². The van der Waals surface area contributed by atoms with Gasteiger partial charge in [-0.3, -0.25) is 14.3 Å². The summed E-state index contributed by atoms with van der Waals surface area (Å²) in [6.07, 6.45) is 0.765. The maximum absolute atomic E-state index is 12.5. The first-order valence-corrected chi connectivity index (χ1v) is 8.13. The van der Waals surface area contributed by atoms with Crippen molar-refractivity contribution in [1.29, 1.82) is 0 Å². The third kappa shape index (κ3) is 2.87. The number of carbonyl (C=O) groups excluding carboxylic acids is 2. The molecule has 1 aliphatic heterocycles. The van der Waals surface area contributed by atoms with E-state index in [9.17, 15) is 9.59 Å². The Hall–Kier alpha value is -2.19. The topological polar surface area (TPSA) is 93.2 Å². The lowest BCUT2D eigenvalue weighted by atomic mass is 10.0. The molecular weight excluding hydrogens is 314 g/mol. The average Bonchev–Trinajstić information content (AvgIpc) is 2.97. The summed E-state index contributed by atoms with van der Waals surface area (Å²) < 4.78 is 1.52. The number of aryl methyl sites for hydroxylation is 2. The van der Waals surface area contributed by atoms with E-state index >= 15 is 0 Å². The first kappa shape index (κ1) is 15.7. The van der Waals surface area contributed by atoms with Gasteiger partial charge in [0.25, 0.3) is 11.8 Å². The molecular formula is C15H19N5O2S. The van der Waals surface area contributed by atoms with Gasteiger partial charge in [0.15, 0.2) is 0 Å². The molecule has 3 N–H and O–H groups in total. The van der Waals surface area contributed by atoms with Crippen LogP contribution in [0.2, 0.25) is 0 Å². The smallest absolute Gasteiger partial charge is 0.274 e. The standard InChI is InChI=1S/C15H19N5O2S/c1-8-6-10(20(3)18-8)14(22)17-15-12(13(16)21)9-4-5-19(2)7-11(9)23-15/h6H,4-5,7H2,1-3H3,(H2,16,21)(H,17,22). The quantitative estimate of drug-likeness (QED) is 0.880. The van der Waals surface area contributed by atoms with Crippen LogP contribution in [-0.2, 0) is 20.0 Å². The van der Waals surface area contributed by atoms with E-state index in [1.807, 2.05) is 14.0 Å². The molecule has 0 spiro atoms. The molecule has 2 aromatic rings. The highest BCUT2D eigenvalue weighted by Crippen LogP contribution is 2.36. The second-order valence-corrected chi connectivity index (χ2v) is 6.91. The second kappa shape index (κ2) is 5.78. The largest absolute Gasteiger partial charge is 0.365 e. The third-order valence-electron chi connectivity index (χ3n) is 3.96. The lowest BCUT2D eigenvalue weighted by Gasteiger charge is -2.22. The summed E-state index contributed by atoms with van der Waals surface area (Å²) in [5, 5.41) is 7.53. The van der Waals surface area contributed by atoms with Gasteiger partial charge in [0.2, 0.25) is 0 Å². The molecule has 23 heavy (non-hydrogen) atoms. The summed E-state index contributed by atoms with van der Waals surface area (Å²) in [7, 11) is 3.74. The second-order valence-electron chi connectivity index (χ2n) is 5.81. The number of primary amides is 1. The van der Waals surface area contributed by atoms with Gasteiger partial charge in [-0.15, -0.1) is 11.3 Å². The highest BCUT2D eigenvalue weighted by atomic mass is 32.1. The Bertz CT molecular complexity index is 792. The summed E-state index contributed by atoms with van der Waals surface area (Å²) in [6, 6.07) is 1.71. The number of rotatable bonds is 3. The van der Waals surface area contributed by atoms with Gasteiger partial charge in [-0.1, -0.05) is 0 Å². The molecule has 3 heterocycles. The zero-order valence-electron chi connectivity index (χ0n) is 13.3. The number of nitrogens with zero attached hydrogens (tertiary/aromatic N) is 3. The number of aromatic nitrogens is 2. The van der Waals surface area contributed by atoms with Crippen LogP contribution in [-0.4, -0.2) is 40.1 Å². The predicted molar refractivity (Wildman–Crippen MR) is 88.8 cm³/mol. The fraction of sp³-hybridized carbons (Fsp3) is 0.400. The number of amides is 2. The van der Waals surface area contributed by atoms with E-state index in [1.165, 1.54) is 16.0 Å². The first-order valence-electron chi connectivity index (χ1n) is 7.31. The Morgan fingerprint density at radius 1 is 1.39 bits per heavy atom. The Morgan fingerprint density at radius 3 is 2.74 bits per heavy atom. The number of nitrogens with two attached hydrogens (primary N) is 1. The number of anilines is 1. The minimum Gasteiger partial charge on any atom is -0.365 e. The number of fused-ring (bicyclic) bond motifs is 1. The first-order chi connectivity index (χ1) is 10.9. The van der Waals surface area contributed by atoms with E-state index in [-0.39, 0.29) is 5.91 Å². The van der Waals surface area contributed by atoms with Crippen molar-refractivity contribution in [3.63, 3.8) is 0 Å². The molecule has 0 aromatic carbocycles. The van der Waals surface area contributed by atoms with Crippen molar-refractivity contribution in [2.24, 2.45) is 12.8 Å². The number of carbonyl (C=O) groups is 2. The molecule has 0 bridgehead atoms. The molecule has 2 amide bonds. The fourth-order valence-electron chi connectivity index (χ4n) is 2.87. The van der Waals surface area contributed by atoms with Crippen molar-refractivity contribution >= 4 is 28.2 Å². The van der Waals surface area contributed by atoms with Gasteiger partial charge in [0.1, 0.15) is 10.7 Å². The van der Waals surface area contributed by atoms with Crippen LogP contribution in [0.4, 0.5) is 5.00 Å². The van der Waals surface area contributed by atoms with Gasteiger partial charge < -0.3 is 16.0 Å². The average molecular weight is 333 g/mol. The minimum atomic E-state index is -0.497. The van der Waals surface area contributed by atoms with Crippen LogP contribution in [0.5, 0.6) is 0 Å². The van der Waals surface area contributed by atoms with Crippen molar-refractivity contribution in [1.82, 2.24) is 14.7 Å². The molecule has 7 nitrogen and oxygen atoms in total. The molecule has 0 saturated carbocycles. The normalized spacial score (nSPS) is 14.6. The van der Waals surface area contributed by atoms with E-state index < -0.39 is 5.91 Å². The summed E-state index contributed by atoms with van der Waals surface area (Å²) in [5.74, 6) is -0.786. The van der Waals surface area contributed by atoms with Crippen molar-refractivity contribution < 1.29 is 9.59 Å². The van der Waals surface area contributed by atoms with E-state index in [2.05, 4.69) is 15.3 Å². The Balaban J connectivity index is 1.95. The third-order valence-corrected chi connectivity index (χ3v) is 5.09. The van der Waals surface area contributed by atoms with E-state index in [0.717, 1.165) is 35.6 Å². The van der Waals surface area contributed by atoms with Crippen molar-refractivity contribution in [2.75, 3.05) is 18.9 Å². The molecule has 0 aliphatic carbocycles. The van der Waals surface area contributed by atoms with Gasteiger partial charge in [-0.05, 0) is 32.0 Å². The summed E-state index contributed by atoms with van der Waals surface area (Å²) >= 11 is 1.43. The number of thiophene rings is 1. The molecule has 0 fully saturated rings. The van der Waals surface area contributed by atoms with Crippen LogP contribution < -0.4 is 11.1 Å². The molecule has 0 unspecified atom stereocenters. The summed E-state index contributed by atoms with van der Waals surface area (Å²) in [6.45, 7) is 3.46. The molecule has 1 aliphatic rings. The van der Waals surface area contributed by atoms with Gasteiger partial charge in [0, 0.05) is 25.0 Å². The zero-order chi connectivity index (χ0) is 16.7. The maximum Gasteiger partial charge on any atom is 0.274 e. The molecule has 3 rings (SSSR count). The van der Waals surface area contributed by atoms with Crippen molar-refractivity contribution in [3.8, 4) is 0 Å². The summed E-state index contributed by atoms with van der Waals surface area (Å²) in [4.78, 5) is 27.6. The van der Waals surface area contributed by atoms with Crippen LogP contribution in [0.15, 0.2) is 6.07 Å². The number of likely N-dealkylation sites (N-methyl/N-ethyl adjacent to an activating group) is 1. The van der Waals surface area contributed by atoms with E-state index in [1.54, 1.807) is 13.1 Å². The highest BCUT2D eigenvalue weighted by Gasteiger charge is 2.27.